The molecule has 0 amide bonds. The number of alkyl halides is 1. The summed E-state index contributed by atoms with van der Waals surface area (Å²) in [6.45, 7) is 0. The summed E-state index contributed by atoms with van der Waals surface area (Å²) in [5.74, 6) is 0.606. The zero-order chi connectivity index (χ0) is 9.97. The lowest BCUT2D eigenvalue weighted by Crippen LogP contribution is -1.74. The first-order valence-corrected chi connectivity index (χ1v) is 4.41. The third kappa shape index (κ3) is 1.41. The van der Waals surface area contributed by atoms with Gasteiger partial charge < -0.3 is 4.42 Å². The molecule has 1 heterocycles. The van der Waals surface area contributed by atoms with E-state index in [9.17, 15) is 4.79 Å². The molecule has 70 valence electrons. The minimum atomic E-state index is 0.193. The van der Waals surface area contributed by atoms with Crippen LogP contribution in [0.2, 0.25) is 0 Å². The fraction of sp³-hybridized carbons (Fsp3) is 0.111. The van der Waals surface area contributed by atoms with Crippen LogP contribution in [0.3, 0.4) is 0 Å². The Morgan fingerprint density at radius 3 is 3.14 bits per heavy atom. The molecule has 0 aliphatic heterocycles. The molecule has 0 N–H and O–H groups in total. The second-order valence-corrected chi connectivity index (χ2v) is 2.84. The van der Waals surface area contributed by atoms with Gasteiger partial charge in [0, 0.05) is 0 Å². The highest BCUT2D eigenvalue weighted by Crippen LogP contribution is 2.25. The molecular weight excluding hydrogens is 204 g/mol. The maximum absolute atomic E-state index is 10.1. The van der Waals surface area contributed by atoms with E-state index in [-0.39, 0.29) is 5.88 Å². The predicted octanol–water partition coefficient (Wildman–Crippen LogP) is 2.53. The van der Waals surface area contributed by atoms with E-state index in [2.05, 4.69) is 9.98 Å². The molecule has 1 aromatic heterocycles. The molecule has 5 heteroatoms. The summed E-state index contributed by atoms with van der Waals surface area (Å²) in [6, 6.07) is 5.12. The minimum Gasteiger partial charge on any atom is -0.439 e. The van der Waals surface area contributed by atoms with Crippen LogP contribution in [0.4, 0.5) is 5.69 Å². The van der Waals surface area contributed by atoms with E-state index in [1.165, 1.54) is 6.08 Å². The van der Waals surface area contributed by atoms with E-state index >= 15 is 0 Å². The lowest BCUT2D eigenvalue weighted by Gasteiger charge is -1.88. The van der Waals surface area contributed by atoms with E-state index in [0.717, 1.165) is 0 Å². The maximum Gasteiger partial charge on any atom is 0.240 e. The number of halogens is 1. The monoisotopic (exact) mass is 208 g/mol. The number of para-hydroxylation sites is 1. The Bertz CT molecular complexity index is 515. The van der Waals surface area contributed by atoms with Crippen molar-refractivity contribution >= 4 is 34.5 Å². The molecule has 0 saturated heterocycles. The topological polar surface area (TPSA) is 55.5 Å². The Labute approximate surface area is 84.2 Å². The van der Waals surface area contributed by atoms with Gasteiger partial charge in [0.05, 0.1) is 5.88 Å². The van der Waals surface area contributed by atoms with Crippen molar-refractivity contribution in [1.29, 1.82) is 0 Å². The molecule has 4 nitrogen and oxygen atoms in total. The van der Waals surface area contributed by atoms with Crippen molar-refractivity contribution in [2.75, 3.05) is 0 Å². The van der Waals surface area contributed by atoms with Crippen molar-refractivity contribution in [3.8, 4) is 0 Å². The smallest absolute Gasteiger partial charge is 0.240 e. The van der Waals surface area contributed by atoms with Crippen molar-refractivity contribution in [1.82, 2.24) is 4.98 Å². The van der Waals surface area contributed by atoms with E-state index < -0.39 is 0 Å². The number of rotatable bonds is 2. The number of hydrogen-bond acceptors (Lipinski definition) is 4. The predicted molar refractivity (Wildman–Crippen MR) is 51.3 cm³/mol. The largest absolute Gasteiger partial charge is 0.439 e. The first-order valence-electron chi connectivity index (χ1n) is 3.87. The van der Waals surface area contributed by atoms with Gasteiger partial charge in [-0.25, -0.2) is 9.78 Å². The molecular formula is C9H5ClN2O2. The Kier molecular flexibility index (Phi) is 2.31. The molecule has 0 atom stereocenters. The first-order chi connectivity index (χ1) is 6.85. The molecule has 2 rings (SSSR count). The average molecular weight is 209 g/mol. The maximum atomic E-state index is 10.1. The third-order valence-corrected chi connectivity index (χ3v) is 1.95. The molecule has 0 bridgehead atoms. The number of aliphatic imine (C=N–C) groups is 1. The number of hydrogen-bond donors (Lipinski definition) is 0. The Morgan fingerprint density at radius 1 is 1.57 bits per heavy atom. The fourth-order valence-corrected chi connectivity index (χ4v) is 1.29. The van der Waals surface area contributed by atoms with Gasteiger partial charge in [0.2, 0.25) is 12.0 Å². The van der Waals surface area contributed by atoms with Crippen molar-refractivity contribution in [2.45, 2.75) is 5.88 Å². The zero-order valence-corrected chi connectivity index (χ0v) is 7.78. The van der Waals surface area contributed by atoms with Crippen LogP contribution in [0.15, 0.2) is 27.6 Å². The van der Waals surface area contributed by atoms with Crippen LogP contribution in [0.25, 0.3) is 11.1 Å². The van der Waals surface area contributed by atoms with Crippen LogP contribution in [-0.2, 0) is 10.7 Å². The van der Waals surface area contributed by atoms with Gasteiger partial charge in [-0.15, -0.1) is 11.6 Å². The highest BCUT2D eigenvalue weighted by atomic mass is 35.5. The number of aromatic nitrogens is 1. The quantitative estimate of drug-likeness (QED) is 0.433. The summed E-state index contributed by atoms with van der Waals surface area (Å²) >= 11 is 5.56. The summed E-state index contributed by atoms with van der Waals surface area (Å²) in [6.07, 6.45) is 1.46. The number of benzene rings is 1. The summed E-state index contributed by atoms with van der Waals surface area (Å²) in [4.78, 5) is 17.7. The molecule has 0 spiro atoms. The molecule has 0 saturated carbocycles. The number of carbonyl (C=O) groups excluding carboxylic acids is 1. The van der Waals surface area contributed by atoms with E-state index in [1.807, 2.05) is 0 Å². The summed E-state index contributed by atoms with van der Waals surface area (Å²) in [7, 11) is 0. The van der Waals surface area contributed by atoms with Gasteiger partial charge >= 0.3 is 0 Å². The van der Waals surface area contributed by atoms with E-state index in [1.54, 1.807) is 18.2 Å². The zero-order valence-electron chi connectivity index (χ0n) is 7.03. The summed E-state index contributed by atoms with van der Waals surface area (Å²) in [5, 5.41) is 0. The third-order valence-electron chi connectivity index (χ3n) is 1.72. The van der Waals surface area contributed by atoms with Crippen molar-refractivity contribution in [2.24, 2.45) is 4.99 Å². The molecule has 0 aliphatic carbocycles. The van der Waals surface area contributed by atoms with E-state index in [4.69, 9.17) is 16.0 Å². The molecule has 0 aliphatic rings. The van der Waals surface area contributed by atoms with Crippen LogP contribution < -0.4 is 0 Å². The Balaban J connectivity index is 2.72. The van der Waals surface area contributed by atoms with Crippen molar-refractivity contribution in [3.63, 3.8) is 0 Å². The Hall–Kier alpha value is -1.64. The second-order valence-electron chi connectivity index (χ2n) is 2.57. The van der Waals surface area contributed by atoms with Crippen LogP contribution in [0.5, 0.6) is 0 Å². The van der Waals surface area contributed by atoms with Gasteiger partial charge in [-0.2, -0.15) is 4.99 Å². The molecule has 14 heavy (non-hydrogen) atoms. The normalized spacial score (nSPS) is 10.1. The van der Waals surface area contributed by atoms with Gasteiger partial charge in [0.1, 0.15) is 11.2 Å². The van der Waals surface area contributed by atoms with Crippen LogP contribution >= 0.6 is 11.6 Å². The number of nitrogens with zero attached hydrogens (tertiary/aromatic N) is 2. The number of oxazole rings is 1. The van der Waals surface area contributed by atoms with Gasteiger partial charge in [-0.05, 0) is 12.1 Å². The SMILES string of the molecule is O=C=Nc1cccc2oc(CCl)nc12. The highest BCUT2D eigenvalue weighted by Gasteiger charge is 2.07. The fourth-order valence-electron chi connectivity index (χ4n) is 1.18. The second kappa shape index (κ2) is 3.62. The van der Waals surface area contributed by atoms with Crippen LogP contribution in [0.1, 0.15) is 5.89 Å². The number of fused-ring (bicyclic) bond motifs is 1. The minimum absolute atomic E-state index is 0.193. The van der Waals surface area contributed by atoms with Crippen molar-refractivity contribution < 1.29 is 9.21 Å². The molecule has 2 aromatic rings. The summed E-state index contributed by atoms with van der Waals surface area (Å²) in [5.41, 5.74) is 1.54. The van der Waals surface area contributed by atoms with Crippen LogP contribution in [0, 0.1) is 0 Å². The van der Waals surface area contributed by atoms with Gasteiger partial charge in [-0.1, -0.05) is 6.07 Å². The molecule has 1 aromatic carbocycles. The Morgan fingerprint density at radius 2 is 2.43 bits per heavy atom. The van der Waals surface area contributed by atoms with Crippen LogP contribution in [-0.4, -0.2) is 11.1 Å². The molecule has 0 fully saturated rings. The lowest BCUT2D eigenvalue weighted by molar-refractivity contribution is 0.555. The van der Waals surface area contributed by atoms with E-state index in [0.29, 0.717) is 22.7 Å². The lowest BCUT2D eigenvalue weighted by atomic mass is 10.3. The van der Waals surface area contributed by atoms with Gasteiger partial charge in [0.15, 0.2) is 5.58 Å². The average Bonchev–Trinajstić information content (AvgIpc) is 2.62. The summed E-state index contributed by atoms with van der Waals surface area (Å²) < 4.78 is 5.27. The van der Waals surface area contributed by atoms with Gasteiger partial charge in [0.25, 0.3) is 0 Å². The highest BCUT2D eigenvalue weighted by molar-refractivity contribution is 6.16. The first kappa shape index (κ1) is 8.94. The molecule has 0 radical (unpaired) electrons. The standard InChI is InChI=1S/C9H5ClN2O2/c10-4-8-12-9-6(11-5-13)2-1-3-7(9)14-8/h1-3H,4H2. The molecule has 0 unspecified atom stereocenters. The van der Waals surface area contributed by atoms with Crippen molar-refractivity contribution in [3.05, 3.63) is 24.1 Å². The van der Waals surface area contributed by atoms with Gasteiger partial charge in [-0.3, -0.25) is 0 Å². The number of isocyanates is 1.